The number of benzene rings is 1. The third-order valence-corrected chi connectivity index (χ3v) is 4.34. The van der Waals surface area contributed by atoms with Gasteiger partial charge in [0.15, 0.2) is 0 Å². The normalized spacial score (nSPS) is 11.2. The van der Waals surface area contributed by atoms with Crippen LogP contribution in [0.15, 0.2) is 17.0 Å². The summed E-state index contributed by atoms with van der Waals surface area (Å²) < 4.78 is 26.1. The number of unbranched alkanes of at least 4 members (excludes halogenated alkanes) is 1. The Morgan fingerprint density at radius 3 is 2.50 bits per heavy atom. The summed E-state index contributed by atoms with van der Waals surface area (Å²) >= 11 is 0. The minimum Gasteiger partial charge on any atom is -0.398 e. The molecule has 2 amide bonds. The summed E-state index contributed by atoms with van der Waals surface area (Å²) in [5.74, 6) is 0. The molecule has 1 aromatic carbocycles. The maximum Gasteiger partial charge on any atom is 0.328 e. The monoisotopic (exact) mass is 299 g/mol. The molecule has 7 heteroatoms. The van der Waals surface area contributed by atoms with Crippen molar-refractivity contribution in [3.8, 4) is 0 Å². The van der Waals surface area contributed by atoms with Crippen LogP contribution in [0.3, 0.4) is 0 Å². The number of nitrogens with one attached hydrogen (secondary N) is 2. The molecule has 0 heterocycles. The molecule has 1 rings (SSSR count). The molecular formula is C13H21N3O3S. The predicted molar refractivity (Wildman–Crippen MR) is 79.0 cm³/mol. The summed E-state index contributed by atoms with van der Waals surface area (Å²) in [5.41, 5.74) is 7.73. The summed E-state index contributed by atoms with van der Waals surface area (Å²) in [4.78, 5) is 11.5. The lowest BCUT2D eigenvalue weighted by molar-refractivity contribution is 0.245. The Labute approximate surface area is 119 Å². The van der Waals surface area contributed by atoms with E-state index >= 15 is 0 Å². The number of anilines is 1. The Balaban J connectivity index is 2.86. The van der Waals surface area contributed by atoms with Crippen LogP contribution < -0.4 is 15.8 Å². The zero-order chi connectivity index (χ0) is 15.3. The van der Waals surface area contributed by atoms with Gasteiger partial charge >= 0.3 is 6.03 Å². The van der Waals surface area contributed by atoms with E-state index in [-0.39, 0.29) is 4.90 Å². The predicted octanol–water partition coefficient (Wildman–Crippen LogP) is 1.67. The molecule has 0 aliphatic carbocycles. The molecule has 6 nitrogen and oxygen atoms in total. The van der Waals surface area contributed by atoms with E-state index in [2.05, 4.69) is 5.32 Å². The fraction of sp³-hybridized carbons (Fsp3) is 0.462. The zero-order valence-electron chi connectivity index (χ0n) is 12.0. The molecule has 0 radical (unpaired) electrons. The van der Waals surface area contributed by atoms with E-state index in [1.165, 1.54) is 12.1 Å². The van der Waals surface area contributed by atoms with Gasteiger partial charge < -0.3 is 11.1 Å². The standard InChI is InChI=1S/C13H21N3O3S/c1-4-5-6-15-13(17)16-20(18,19)11-7-9(2)10(3)12(14)8-11/h7-8H,4-6,14H2,1-3H3,(H2,15,16,17). The second-order valence-corrected chi connectivity index (χ2v) is 6.35. The van der Waals surface area contributed by atoms with Crippen molar-refractivity contribution in [3.05, 3.63) is 23.3 Å². The molecule has 0 unspecified atom stereocenters. The Bertz CT molecular complexity index is 574. The highest BCUT2D eigenvalue weighted by Gasteiger charge is 2.18. The smallest absolute Gasteiger partial charge is 0.328 e. The molecular weight excluding hydrogens is 278 g/mol. The van der Waals surface area contributed by atoms with Crippen LogP contribution >= 0.6 is 0 Å². The van der Waals surface area contributed by atoms with E-state index in [0.29, 0.717) is 12.2 Å². The second-order valence-electron chi connectivity index (χ2n) is 4.67. The van der Waals surface area contributed by atoms with Gasteiger partial charge in [0.1, 0.15) is 0 Å². The maximum atomic E-state index is 12.1. The lowest BCUT2D eigenvalue weighted by atomic mass is 10.1. The highest BCUT2D eigenvalue weighted by atomic mass is 32.2. The fourth-order valence-corrected chi connectivity index (χ4v) is 2.65. The lowest BCUT2D eigenvalue weighted by Crippen LogP contribution is -2.39. The molecule has 0 bridgehead atoms. The third kappa shape index (κ3) is 4.12. The number of carbonyl (C=O) groups excluding carboxylic acids is 1. The molecule has 0 aliphatic heterocycles. The molecule has 0 atom stereocenters. The highest BCUT2D eigenvalue weighted by Crippen LogP contribution is 2.21. The highest BCUT2D eigenvalue weighted by molar-refractivity contribution is 7.90. The van der Waals surface area contributed by atoms with Gasteiger partial charge in [0.25, 0.3) is 10.0 Å². The van der Waals surface area contributed by atoms with Crippen LogP contribution in [0.1, 0.15) is 30.9 Å². The molecule has 1 aromatic rings. The van der Waals surface area contributed by atoms with Gasteiger partial charge in [-0.2, -0.15) is 0 Å². The molecule has 0 fully saturated rings. The summed E-state index contributed by atoms with van der Waals surface area (Å²) in [7, 11) is -3.90. The first-order valence-electron chi connectivity index (χ1n) is 6.45. The average Bonchev–Trinajstić information content (AvgIpc) is 2.35. The van der Waals surface area contributed by atoms with Crippen LogP contribution in [0.5, 0.6) is 0 Å². The molecule has 0 aromatic heterocycles. The first kappa shape index (κ1) is 16.3. The van der Waals surface area contributed by atoms with E-state index in [4.69, 9.17) is 5.73 Å². The van der Waals surface area contributed by atoms with Crippen molar-refractivity contribution >= 4 is 21.7 Å². The molecule has 20 heavy (non-hydrogen) atoms. The SMILES string of the molecule is CCCCNC(=O)NS(=O)(=O)c1cc(C)c(C)c(N)c1. The summed E-state index contributed by atoms with van der Waals surface area (Å²) in [6.45, 7) is 6.00. The molecule has 4 N–H and O–H groups in total. The Hall–Kier alpha value is -1.76. The van der Waals surface area contributed by atoms with Crippen LogP contribution in [0.4, 0.5) is 10.5 Å². The number of urea groups is 1. The molecule has 112 valence electrons. The van der Waals surface area contributed by atoms with Crippen molar-refractivity contribution in [2.45, 2.75) is 38.5 Å². The van der Waals surface area contributed by atoms with Gasteiger partial charge in [-0.1, -0.05) is 13.3 Å². The van der Waals surface area contributed by atoms with Crippen molar-refractivity contribution in [3.63, 3.8) is 0 Å². The van der Waals surface area contributed by atoms with Crippen LogP contribution in [-0.4, -0.2) is 21.0 Å². The van der Waals surface area contributed by atoms with Gasteiger partial charge in [-0.25, -0.2) is 17.9 Å². The van der Waals surface area contributed by atoms with Crippen LogP contribution in [-0.2, 0) is 10.0 Å². The fourth-order valence-electron chi connectivity index (χ4n) is 1.60. The third-order valence-electron chi connectivity index (χ3n) is 3.03. The van der Waals surface area contributed by atoms with Crippen molar-refractivity contribution in [2.75, 3.05) is 12.3 Å². The quantitative estimate of drug-likeness (QED) is 0.568. The number of sulfonamides is 1. The van der Waals surface area contributed by atoms with Gasteiger partial charge in [0.2, 0.25) is 0 Å². The topological polar surface area (TPSA) is 101 Å². The number of carbonyl (C=O) groups is 1. The van der Waals surface area contributed by atoms with Crippen LogP contribution in [0.2, 0.25) is 0 Å². The Morgan fingerprint density at radius 1 is 1.30 bits per heavy atom. The van der Waals surface area contributed by atoms with Gasteiger partial charge in [0, 0.05) is 12.2 Å². The van der Waals surface area contributed by atoms with E-state index in [9.17, 15) is 13.2 Å². The Kier molecular flexibility index (Phi) is 5.38. The number of amides is 2. The number of hydrogen-bond acceptors (Lipinski definition) is 4. The minimum atomic E-state index is -3.90. The van der Waals surface area contributed by atoms with E-state index in [1.54, 1.807) is 6.92 Å². The van der Waals surface area contributed by atoms with Gasteiger partial charge in [-0.15, -0.1) is 0 Å². The largest absolute Gasteiger partial charge is 0.398 e. The number of nitrogens with two attached hydrogens (primary N) is 1. The number of rotatable bonds is 5. The maximum absolute atomic E-state index is 12.1. The van der Waals surface area contributed by atoms with E-state index < -0.39 is 16.1 Å². The molecule has 0 saturated carbocycles. The number of aryl methyl sites for hydroxylation is 1. The molecule has 0 aliphatic rings. The van der Waals surface area contributed by atoms with Crippen molar-refractivity contribution < 1.29 is 13.2 Å². The van der Waals surface area contributed by atoms with Crippen molar-refractivity contribution in [2.24, 2.45) is 0 Å². The minimum absolute atomic E-state index is 0.0104. The van der Waals surface area contributed by atoms with E-state index in [1.807, 2.05) is 18.6 Å². The summed E-state index contributed by atoms with van der Waals surface area (Å²) in [6, 6.07) is 2.12. The summed E-state index contributed by atoms with van der Waals surface area (Å²) in [6.07, 6.45) is 1.71. The van der Waals surface area contributed by atoms with Crippen molar-refractivity contribution in [1.82, 2.24) is 10.0 Å². The molecule has 0 saturated heterocycles. The van der Waals surface area contributed by atoms with Crippen molar-refractivity contribution in [1.29, 1.82) is 0 Å². The zero-order valence-corrected chi connectivity index (χ0v) is 12.8. The van der Waals surface area contributed by atoms with Gasteiger partial charge in [-0.05, 0) is 43.5 Å². The van der Waals surface area contributed by atoms with Gasteiger partial charge in [-0.3, -0.25) is 0 Å². The van der Waals surface area contributed by atoms with Crippen LogP contribution in [0, 0.1) is 13.8 Å². The lowest BCUT2D eigenvalue weighted by Gasteiger charge is -2.11. The number of hydrogen-bond donors (Lipinski definition) is 3. The van der Waals surface area contributed by atoms with Gasteiger partial charge in [0.05, 0.1) is 4.90 Å². The second kappa shape index (κ2) is 6.60. The molecule has 0 spiro atoms. The Morgan fingerprint density at radius 2 is 1.95 bits per heavy atom. The number of nitrogen functional groups attached to an aromatic ring is 1. The summed E-state index contributed by atoms with van der Waals surface area (Å²) in [5, 5.41) is 2.49. The average molecular weight is 299 g/mol. The van der Waals surface area contributed by atoms with Crippen LogP contribution in [0.25, 0.3) is 0 Å². The first-order chi connectivity index (χ1) is 9.27. The first-order valence-corrected chi connectivity index (χ1v) is 7.93. The van der Waals surface area contributed by atoms with E-state index in [0.717, 1.165) is 24.0 Å².